The van der Waals surface area contributed by atoms with Gasteiger partial charge in [-0.3, -0.25) is 0 Å². The van der Waals surface area contributed by atoms with Gasteiger partial charge in [0.2, 0.25) is 0 Å². The molecule has 3 heteroatoms. The molecule has 0 atom stereocenters. The Labute approximate surface area is 96.5 Å². The monoisotopic (exact) mass is 221 g/mol. The summed E-state index contributed by atoms with van der Waals surface area (Å²) in [5, 5.41) is 0. The fourth-order valence-electron chi connectivity index (χ4n) is 1.86. The summed E-state index contributed by atoms with van der Waals surface area (Å²) < 4.78 is 10.9. The molecule has 1 fully saturated rings. The molecule has 2 N–H and O–H groups in total. The number of methoxy groups -OCH3 is 1. The molecule has 3 nitrogen and oxygen atoms in total. The van der Waals surface area contributed by atoms with Crippen LogP contribution in [0.4, 0.5) is 0 Å². The van der Waals surface area contributed by atoms with Gasteiger partial charge in [0.25, 0.3) is 0 Å². The number of hydrogen-bond donors (Lipinski definition) is 1. The first kappa shape index (κ1) is 11.3. The van der Waals surface area contributed by atoms with Crippen LogP contribution in [0.5, 0.6) is 11.5 Å². The third-order valence-corrected chi connectivity index (χ3v) is 3.24. The molecule has 1 aliphatic carbocycles. The summed E-state index contributed by atoms with van der Waals surface area (Å²) in [6, 6.07) is 7.71. The van der Waals surface area contributed by atoms with Crippen molar-refractivity contribution in [3.05, 3.63) is 24.3 Å². The number of hydrogen-bond acceptors (Lipinski definition) is 3. The number of ether oxygens (including phenoxy) is 2. The molecular formula is C13H19NO2. The van der Waals surface area contributed by atoms with Crippen LogP contribution in [-0.2, 0) is 0 Å². The molecule has 0 bridgehead atoms. The van der Waals surface area contributed by atoms with Crippen LogP contribution in [0, 0.1) is 5.41 Å². The summed E-state index contributed by atoms with van der Waals surface area (Å²) in [6.07, 6.45) is 3.57. The van der Waals surface area contributed by atoms with Crippen LogP contribution in [-0.4, -0.2) is 20.3 Å². The summed E-state index contributed by atoms with van der Waals surface area (Å²) in [7, 11) is 1.66. The molecule has 1 saturated carbocycles. The van der Waals surface area contributed by atoms with E-state index in [0.29, 0.717) is 5.41 Å². The average Bonchev–Trinajstić information content (AvgIpc) is 3.08. The van der Waals surface area contributed by atoms with E-state index in [9.17, 15) is 0 Å². The Morgan fingerprint density at radius 3 is 2.31 bits per heavy atom. The zero-order valence-corrected chi connectivity index (χ0v) is 9.74. The molecule has 2 rings (SSSR count). The van der Waals surface area contributed by atoms with E-state index in [0.717, 1.165) is 31.1 Å². The lowest BCUT2D eigenvalue weighted by Crippen LogP contribution is -2.17. The Bertz CT molecular complexity index is 330. The van der Waals surface area contributed by atoms with Crippen LogP contribution in [0.3, 0.4) is 0 Å². The third-order valence-electron chi connectivity index (χ3n) is 3.24. The van der Waals surface area contributed by atoms with E-state index in [-0.39, 0.29) is 0 Å². The molecule has 1 aliphatic rings. The van der Waals surface area contributed by atoms with Gasteiger partial charge in [0.05, 0.1) is 13.7 Å². The van der Waals surface area contributed by atoms with Gasteiger partial charge in [0.1, 0.15) is 11.5 Å². The van der Waals surface area contributed by atoms with Crippen LogP contribution >= 0.6 is 0 Å². The summed E-state index contributed by atoms with van der Waals surface area (Å²) >= 11 is 0. The van der Waals surface area contributed by atoms with Gasteiger partial charge in [-0.1, -0.05) is 0 Å². The van der Waals surface area contributed by atoms with E-state index >= 15 is 0 Å². The lowest BCUT2D eigenvalue weighted by Gasteiger charge is -2.15. The molecule has 0 saturated heterocycles. The highest BCUT2D eigenvalue weighted by molar-refractivity contribution is 5.31. The first-order chi connectivity index (χ1) is 7.78. The minimum absolute atomic E-state index is 0.370. The second kappa shape index (κ2) is 4.74. The summed E-state index contributed by atoms with van der Waals surface area (Å²) in [5.41, 5.74) is 5.96. The van der Waals surface area contributed by atoms with Gasteiger partial charge in [-0.2, -0.15) is 0 Å². The maximum absolute atomic E-state index is 5.77. The van der Waals surface area contributed by atoms with E-state index in [1.807, 2.05) is 24.3 Å². The van der Waals surface area contributed by atoms with Crippen LogP contribution in [0.25, 0.3) is 0 Å². The average molecular weight is 221 g/mol. The normalized spacial score (nSPS) is 16.9. The Morgan fingerprint density at radius 1 is 1.19 bits per heavy atom. The summed E-state index contributed by atoms with van der Waals surface area (Å²) in [6.45, 7) is 1.54. The van der Waals surface area contributed by atoms with Crippen molar-refractivity contribution in [2.24, 2.45) is 11.1 Å². The van der Waals surface area contributed by atoms with Gasteiger partial charge in [-0.15, -0.1) is 0 Å². The summed E-state index contributed by atoms with van der Waals surface area (Å²) in [5.74, 6) is 1.76. The highest BCUT2D eigenvalue weighted by Gasteiger charge is 2.42. The molecule has 1 aromatic rings. The highest BCUT2D eigenvalue weighted by Crippen LogP contribution is 2.48. The molecule has 88 valence electrons. The van der Waals surface area contributed by atoms with Crippen molar-refractivity contribution in [3.63, 3.8) is 0 Å². The zero-order chi connectivity index (χ0) is 11.4. The van der Waals surface area contributed by atoms with Crippen molar-refractivity contribution < 1.29 is 9.47 Å². The number of nitrogens with two attached hydrogens (primary N) is 1. The quantitative estimate of drug-likeness (QED) is 0.801. The van der Waals surface area contributed by atoms with Crippen molar-refractivity contribution in [2.45, 2.75) is 19.3 Å². The first-order valence-electron chi connectivity index (χ1n) is 5.75. The molecule has 0 heterocycles. The SMILES string of the molecule is COc1ccc(OCC2(CCN)CC2)cc1. The lowest BCUT2D eigenvalue weighted by molar-refractivity contribution is 0.226. The number of benzene rings is 1. The van der Waals surface area contributed by atoms with Gasteiger partial charge in [-0.05, 0) is 50.1 Å². The smallest absolute Gasteiger partial charge is 0.119 e. The topological polar surface area (TPSA) is 44.5 Å². The Kier molecular flexibility index (Phi) is 3.34. The van der Waals surface area contributed by atoms with Crippen molar-refractivity contribution in [2.75, 3.05) is 20.3 Å². The minimum Gasteiger partial charge on any atom is -0.497 e. The van der Waals surface area contributed by atoms with Gasteiger partial charge >= 0.3 is 0 Å². The Balaban J connectivity index is 1.85. The van der Waals surface area contributed by atoms with Gasteiger partial charge in [-0.25, -0.2) is 0 Å². The second-order valence-electron chi connectivity index (χ2n) is 4.50. The van der Waals surface area contributed by atoms with E-state index < -0.39 is 0 Å². The first-order valence-corrected chi connectivity index (χ1v) is 5.75. The standard InChI is InChI=1S/C13H19NO2/c1-15-11-2-4-12(5-3-11)16-10-13(6-7-13)8-9-14/h2-5H,6-10,14H2,1H3. The fourth-order valence-corrected chi connectivity index (χ4v) is 1.86. The maximum Gasteiger partial charge on any atom is 0.119 e. The van der Waals surface area contributed by atoms with Crippen LogP contribution in [0.15, 0.2) is 24.3 Å². The van der Waals surface area contributed by atoms with Crippen molar-refractivity contribution >= 4 is 0 Å². The Hall–Kier alpha value is -1.22. The molecular weight excluding hydrogens is 202 g/mol. The van der Waals surface area contributed by atoms with Gasteiger partial charge in [0, 0.05) is 5.41 Å². The molecule has 16 heavy (non-hydrogen) atoms. The minimum atomic E-state index is 0.370. The van der Waals surface area contributed by atoms with E-state index in [4.69, 9.17) is 15.2 Å². The predicted molar refractivity (Wildman–Crippen MR) is 63.8 cm³/mol. The zero-order valence-electron chi connectivity index (χ0n) is 9.74. The third kappa shape index (κ3) is 2.67. The second-order valence-corrected chi connectivity index (χ2v) is 4.50. The van der Waals surface area contributed by atoms with Gasteiger partial charge < -0.3 is 15.2 Å². The van der Waals surface area contributed by atoms with E-state index in [1.54, 1.807) is 7.11 Å². The highest BCUT2D eigenvalue weighted by atomic mass is 16.5. The van der Waals surface area contributed by atoms with Crippen molar-refractivity contribution in [1.29, 1.82) is 0 Å². The van der Waals surface area contributed by atoms with E-state index in [2.05, 4.69) is 0 Å². The van der Waals surface area contributed by atoms with E-state index in [1.165, 1.54) is 12.8 Å². The molecule has 0 spiro atoms. The largest absolute Gasteiger partial charge is 0.497 e. The lowest BCUT2D eigenvalue weighted by atomic mass is 10.0. The maximum atomic E-state index is 5.77. The van der Waals surface area contributed by atoms with Crippen LogP contribution in [0.1, 0.15) is 19.3 Å². The molecule has 1 aromatic carbocycles. The van der Waals surface area contributed by atoms with Gasteiger partial charge in [0.15, 0.2) is 0 Å². The van der Waals surface area contributed by atoms with Crippen LogP contribution < -0.4 is 15.2 Å². The van der Waals surface area contributed by atoms with Crippen molar-refractivity contribution in [1.82, 2.24) is 0 Å². The molecule has 0 aliphatic heterocycles. The fraction of sp³-hybridized carbons (Fsp3) is 0.538. The molecule has 0 unspecified atom stereocenters. The van der Waals surface area contributed by atoms with Crippen LogP contribution in [0.2, 0.25) is 0 Å². The predicted octanol–water partition coefficient (Wildman–Crippen LogP) is 2.20. The number of rotatable bonds is 6. The van der Waals surface area contributed by atoms with Crippen molar-refractivity contribution in [3.8, 4) is 11.5 Å². The molecule has 0 radical (unpaired) electrons. The molecule has 0 amide bonds. The Morgan fingerprint density at radius 2 is 1.81 bits per heavy atom. The summed E-state index contributed by atoms with van der Waals surface area (Å²) in [4.78, 5) is 0. The molecule has 0 aromatic heterocycles.